The highest BCUT2D eigenvalue weighted by molar-refractivity contribution is 7.15. The summed E-state index contributed by atoms with van der Waals surface area (Å²) in [6.45, 7) is 9.26. The van der Waals surface area contributed by atoms with Crippen LogP contribution in [0.25, 0.3) is 0 Å². The van der Waals surface area contributed by atoms with Gasteiger partial charge in [-0.1, -0.05) is 13.8 Å². The van der Waals surface area contributed by atoms with Gasteiger partial charge in [-0.2, -0.15) is 0 Å². The van der Waals surface area contributed by atoms with Crippen LogP contribution in [0.4, 0.5) is 5.13 Å². The second-order valence-electron chi connectivity index (χ2n) is 6.89. The SMILES string of the molecule is CCCNC1CCCc2sc(N3CC(C)CCC3C)nc21. The van der Waals surface area contributed by atoms with Crippen molar-refractivity contribution in [1.82, 2.24) is 10.3 Å². The van der Waals surface area contributed by atoms with Crippen molar-refractivity contribution in [1.29, 1.82) is 0 Å². The van der Waals surface area contributed by atoms with Gasteiger partial charge >= 0.3 is 0 Å². The van der Waals surface area contributed by atoms with E-state index in [-0.39, 0.29) is 0 Å². The van der Waals surface area contributed by atoms with Gasteiger partial charge in [0.2, 0.25) is 0 Å². The lowest BCUT2D eigenvalue weighted by Crippen LogP contribution is -2.41. The van der Waals surface area contributed by atoms with Crippen molar-refractivity contribution in [2.45, 2.75) is 71.4 Å². The summed E-state index contributed by atoms with van der Waals surface area (Å²) in [5, 5.41) is 4.97. The molecular formula is C17H29N3S. The van der Waals surface area contributed by atoms with Crippen molar-refractivity contribution in [3.05, 3.63) is 10.6 Å². The van der Waals surface area contributed by atoms with Gasteiger partial charge in [0.05, 0.1) is 11.7 Å². The molecule has 0 amide bonds. The fourth-order valence-corrected chi connectivity index (χ4v) is 4.88. The molecule has 1 aromatic heterocycles. The minimum Gasteiger partial charge on any atom is -0.345 e. The minimum absolute atomic E-state index is 0.497. The zero-order chi connectivity index (χ0) is 14.8. The molecule has 4 heteroatoms. The highest BCUT2D eigenvalue weighted by Crippen LogP contribution is 2.38. The molecule has 3 unspecified atom stereocenters. The molecule has 1 aliphatic heterocycles. The predicted molar refractivity (Wildman–Crippen MR) is 91.3 cm³/mol. The molecular weight excluding hydrogens is 278 g/mol. The Morgan fingerprint density at radius 1 is 1.29 bits per heavy atom. The molecule has 21 heavy (non-hydrogen) atoms. The number of piperidine rings is 1. The molecule has 0 aromatic carbocycles. The van der Waals surface area contributed by atoms with Crippen molar-refractivity contribution in [2.24, 2.45) is 5.92 Å². The largest absolute Gasteiger partial charge is 0.345 e. The predicted octanol–water partition coefficient (Wildman–Crippen LogP) is 4.14. The Morgan fingerprint density at radius 3 is 2.95 bits per heavy atom. The van der Waals surface area contributed by atoms with E-state index in [1.54, 1.807) is 0 Å². The number of fused-ring (bicyclic) bond motifs is 1. The van der Waals surface area contributed by atoms with E-state index in [9.17, 15) is 0 Å². The van der Waals surface area contributed by atoms with Crippen LogP contribution >= 0.6 is 11.3 Å². The lowest BCUT2D eigenvalue weighted by Gasteiger charge is -2.36. The van der Waals surface area contributed by atoms with Crippen LogP contribution in [0.1, 0.15) is 69.5 Å². The molecule has 0 bridgehead atoms. The Kier molecular flexibility index (Phi) is 4.85. The average Bonchev–Trinajstić information content (AvgIpc) is 2.92. The highest BCUT2D eigenvalue weighted by Gasteiger charge is 2.29. The standard InChI is InChI=1S/C17H29N3S/c1-4-10-18-14-6-5-7-15-16(14)19-17(21-15)20-11-12(2)8-9-13(20)3/h12-14,18H,4-11H2,1-3H3. The molecule has 118 valence electrons. The van der Waals surface area contributed by atoms with Crippen LogP contribution < -0.4 is 10.2 Å². The van der Waals surface area contributed by atoms with E-state index in [4.69, 9.17) is 4.98 Å². The van der Waals surface area contributed by atoms with E-state index in [0.29, 0.717) is 12.1 Å². The molecule has 0 saturated carbocycles. The zero-order valence-corrected chi connectivity index (χ0v) is 14.5. The number of anilines is 1. The van der Waals surface area contributed by atoms with Gasteiger partial charge in [-0.3, -0.25) is 0 Å². The third-order valence-electron chi connectivity index (χ3n) is 4.95. The summed E-state index contributed by atoms with van der Waals surface area (Å²) in [5.74, 6) is 0.802. The number of nitrogens with one attached hydrogen (secondary N) is 1. The molecule has 3 nitrogen and oxygen atoms in total. The molecule has 1 saturated heterocycles. The number of thiazole rings is 1. The van der Waals surface area contributed by atoms with Gasteiger partial charge in [0.15, 0.2) is 5.13 Å². The molecule has 3 rings (SSSR count). The number of hydrogen-bond acceptors (Lipinski definition) is 4. The fourth-order valence-electron chi connectivity index (χ4n) is 3.60. The highest BCUT2D eigenvalue weighted by atomic mass is 32.1. The maximum atomic E-state index is 5.08. The molecule has 2 heterocycles. The Labute approximate surface area is 133 Å². The van der Waals surface area contributed by atoms with Gasteiger partial charge in [-0.05, 0) is 57.9 Å². The van der Waals surface area contributed by atoms with Crippen LogP contribution in [0.2, 0.25) is 0 Å². The molecule has 2 aliphatic rings. The first-order chi connectivity index (χ1) is 10.2. The topological polar surface area (TPSA) is 28.2 Å². The summed E-state index contributed by atoms with van der Waals surface area (Å²) in [5.41, 5.74) is 1.36. The van der Waals surface area contributed by atoms with Gasteiger partial charge in [0.25, 0.3) is 0 Å². The first-order valence-electron chi connectivity index (χ1n) is 8.68. The van der Waals surface area contributed by atoms with Gasteiger partial charge in [0.1, 0.15) is 0 Å². The second kappa shape index (κ2) is 6.66. The van der Waals surface area contributed by atoms with E-state index < -0.39 is 0 Å². The zero-order valence-electron chi connectivity index (χ0n) is 13.7. The van der Waals surface area contributed by atoms with Crippen LogP contribution in [0.5, 0.6) is 0 Å². The van der Waals surface area contributed by atoms with Gasteiger partial charge in [-0.15, -0.1) is 11.3 Å². The summed E-state index contributed by atoms with van der Waals surface area (Å²) in [7, 11) is 0. The van der Waals surface area contributed by atoms with Crippen LogP contribution in [0.15, 0.2) is 0 Å². The number of hydrogen-bond donors (Lipinski definition) is 1. The summed E-state index contributed by atoms with van der Waals surface area (Å²) >= 11 is 1.96. The van der Waals surface area contributed by atoms with Crippen LogP contribution in [-0.4, -0.2) is 24.1 Å². The average molecular weight is 308 g/mol. The van der Waals surface area contributed by atoms with Crippen LogP contribution in [0.3, 0.4) is 0 Å². The second-order valence-corrected chi connectivity index (χ2v) is 7.95. The smallest absolute Gasteiger partial charge is 0.186 e. The lowest BCUT2D eigenvalue weighted by atomic mass is 9.95. The third-order valence-corrected chi connectivity index (χ3v) is 6.12. The minimum atomic E-state index is 0.497. The van der Waals surface area contributed by atoms with Gasteiger partial charge in [-0.25, -0.2) is 4.98 Å². The summed E-state index contributed by atoms with van der Waals surface area (Å²) in [6, 6.07) is 1.15. The Bertz CT molecular complexity index is 471. The molecule has 3 atom stereocenters. The van der Waals surface area contributed by atoms with E-state index >= 15 is 0 Å². The monoisotopic (exact) mass is 307 g/mol. The van der Waals surface area contributed by atoms with E-state index in [2.05, 4.69) is 31.0 Å². The summed E-state index contributed by atoms with van der Waals surface area (Å²) < 4.78 is 0. The Hall–Kier alpha value is -0.610. The van der Waals surface area contributed by atoms with Crippen molar-refractivity contribution >= 4 is 16.5 Å². The molecule has 1 fully saturated rings. The van der Waals surface area contributed by atoms with Crippen molar-refractivity contribution in [3.63, 3.8) is 0 Å². The molecule has 0 radical (unpaired) electrons. The first-order valence-corrected chi connectivity index (χ1v) is 9.50. The van der Waals surface area contributed by atoms with Crippen molar-refractivity contribution in [3.8, 4) is 0 Å². The number of aryl methyl sites for hydroxylation is 1. The van der Waals surface area contributed by atoms with Gasteiger partial charge in [0, 0.05) is 17.5 Å². The maximum Gasteiger partial charge on any atom is 0.186 e. The number of rotatable bonds is 4. The van der Waals surface area contributed by atoms with Gasteiger partial charge < -0.3 is 10.2 Å². The Balaban J connectivity index is 1.80. The normalized spacial score (nSPS) is 29.5. The van der Waals surface area contributed by atoms with Crippen LogP contribution in [0, 0.1) is 5.92 Å². The van der Waals surface area contributed by atoms with E-state index in [0.717, 1.165) is 12.5 Å². The van der Waals surface area contributed by atoms with E-state index in [1.165, 1.54) is 60.8 Å². The third kappa shape index (κ3) is 3.26. The van der Waals surface area contributed by atoms with E-state index in [1.807, 2.05) is 11.3 Å². The Morgan fingerprint density at radius 2 is 2.14 bits per heavy atom. The fraction of sp³-hybridized carbons (Fsp3) is 0.824. The number of aromatic nitrogens is 1. The van der Waals surface area contributed by atoms with Crippen LogP contribution in [-0.2, 0) is 6.42 Å². The quantitative estimate of drug-likeness (QED) is 0.906. The lowest BCUT2D eigenvalue weighted by molar-refractivity contribution is 0.389. The number of nitrogens with zero attached hydrogens (tertiary/aromatic N) is 2. The van der Waals surface area contributed by atoms with Crippen molar-refractivity contribution in [2.75, 3.05) is 18.0 Å². The van der Waals surface area contributed by atoms with Crippen molar-refractivity contribution < 1.29 is 0 Å². The summed E-state index contributed by atoms with van der Waals surface area (Å²) in [6.07, 6.45) is 7.66. The molecule has 1 aromatic rings. The summed E-state index contributed by atoms with van der Waals surface area (Å²) in [4.78, 5) is 9.18. The molecule has 1 aliphatic carbocycles. The first kappa shape index (κ1) is 15.3. The maximum absolute atomic E-state index is 5.08. The molecule has 0 spiro atoms. The molecule has 1 N–H and O–H groups in total.